The number of amides is 2. The summed E-state index contributed by atoms with van der Waals surface area (Å²) in [5.41, 5.74) is 1.42. The molecule has 3 N–H and O–H groups in total. The highest BCUT2D eigenvalue weighted by Gasteiger charge is 2.01. The van der Waals surface area contributed by atoms with Crippen LogP contribution in [0.3, 0.4) is 0 Å². The molecule has 1 heterocycles. The Hall–Kier alpha value is -3.22. The quantitative estimate of drug-likeness (QED) is 0.523. The minimum Gasteiger partial charge on any atom is -0.355 e. The molecule has 7 nitrogen and oxygen atoms in total. The first-order chi connectivity index (χ1) is 11.7. The van der Waals surface area contributed by atoms with Gasteiger partial charge in [0.05, 0.1) is 0 Å². The number of hydrogen-bond donors (Lipinski definition) is 3. The van der Waals surface area contributed by atoms with Crippen LogP contribution in [0.4, 0.5) is 5.95 Å². The summed E-state index contributed by atoms with van der Waals surface area (Å²) in [6.45, 7) is 0.988. The third kappa shape index (κ3) is 5.53. The Bertz CT molecular complexity index is 699. The molecule has 2 aromatic rings. The fourth-order valence-corrected chi connectivity index (χ4v) is 1.87. The van der Waals surface area contributed by atoms with Crippen LogP contribution >= 0.6 is 0 Å². The number of hydrogen-bond acceptors (Lipinski definition) is 5. The van der Waals surface area contributed by atoms with Crippen LogP contribution in [-0.2, 0) is 4.79 Å². The number of nitrogens with zero attached hydrogens (tertiary/aromatic N) is 2. The lowest BCUT2D eigenvalue weighted by Crippen LogP contribution is -2.27. The molecular weight excluding hydrogens is 306 g/mol. The summed E-state index contributed by atoms with van der Waals surface area (Å²) >= 11 is 0. The maximum atomic E-state index is 11.7. The van der Waals surface area contributed by atoms with Crippen molar-refractivity contribution in [2.45, 2.75) is 0 Å². The topological polar surface area (TPSA) is 96.0 Å². The van der Waals surface area contributed by atoms with E-state index in [0.717, 1.165) is 5.56 Å². The number of rotatable bonds is 7. The lowest BCUT2D eigenvalue weighted by molar-refractivity contribution is -0.116. The van der Waals surface area contributed by atoms with E-state index in [1.54, 1.807) is 55.8 Å². The summed E-state index contributed by atoms with van der Waals surface area (Å²) in [6, 6.07) is 8.71. The average Bonchev–Trinajstić information content (AvgIpc) is 2.64. The van der Waals surface area contributed by atoms with Gasteiger partial charge in [0, 0.05) is 44.2 Å². The van der Waals surface area contributed by atoms with Crippen molar-refractivity contribution < 1.29 is 9.59 Å². The summed E-state index contributed by atoms with van der Waals surface area (Å²) in [4.78, 5) is 31.2. The third-order valence-electron chi connectivity index (χ3n) is 3.10. The molecule has 0 aliphatic heterocycles. The van der Waals surface area contributed by atoms with Gasteiger partial charge in [-0.2, -0.15) is 0 Å². The van der Waals surface area contributed by atoms with Crippen LogP contribution in [0.2, 0.25) is 0 Å². The van der Waals surface area contributed by atoms with Crippen molar-refractivity contribution in [2.24, 2.45) is 0 Å². The van der Waals surface area contributed by atoms with Gasteiger partial charge >= 0.3 is 0 Å². The molecule has 0 spiro atoms. The molecule has 124 valence electrons. The molecule has 2 amide bonds. The molecule has 0 saturated heterocycles. The second-order valence-corrected chi connectivity index (χ2v) is 4.82. The second-order valence-electron chi connectivity index (χ2n) is 4.82. The van der Waals surface area contributed by atoms with Crippen molar-refractivity contribution >= 4 is 23.8 Å². The Morgan fingerprint density at radius 3 is 2.46 bits per heavy atom. The summed E-state index contributed by atoms with van der Waals surface area (Å²) in [7, 11) is 1.58. The Morgan fingerprint density at radius 1 is 1.08 bits per heavy atom. The van der Waals surface area contributed by atoms with Crippen LogP contribution in [0.15, 0.2) is 48.8 Å². The van der Waals surface area contributed by atoms with Crippen molar-refractivity contribution in [2.75, 3.05) is 25.5 Å². The largest absolute Gasteiger partial charge is 0.355 e. The molecule has 0 radical (unpaired) electrons. The Balaban J connectivity index is 1.73. The van der Waals surface area contributed by atoms with Gasteiger partial charge in [0.2, 0.25) is 11.9 Å². The zero-order valence-electron chi connectivity index (χ0n) is 13.3. The first-order valence-corrected chi connectivity index (χ1v) is 7.48. The molecule has 7 heteroatoms. The SMILES string of the molecule is CNC(=O)c1ccc(/C=C\C(=O)NCCNc2ncccn2)cc1. The van der Waals surface area contributed by atoms with Crippen molar-refractivity contribution in [3.05, 3.63) is 59.9 Å². The van der Waals surface area contributed by atoms with Gasteiger partial charge in [0.1, 0.15) is 0 Å². The average molecular weight is 325 g/mol. The van der Waals surface area contributed by atoms with Crippen molar-refractivity contribution in [1.29, 1.82) is 0 Å². The molecule has 0 aliphatic rings. The van der Waals surface area contributed by atoms with Crippen LogP contribution < -0.4 is 16.0 Å². The first kappa shape index (κ1) is 17.1. The summed E-state index contributed by atoms with van der Waals surface area (Å²) in [5, 5.41) is 8.31. The molecule has 0 atom stereocenters. The van der Waals surface area contributed by atoms with Gasteiger partial charge in [0.25, 0.3) is 5.91 Å². The zero-order valence-corrected chi connectivity index (χ0v) is 13.3. The number of benzene rings is 1. The van der Waals surface area contributed by atoms with E-state index >= 15 is 0 Å². The predicted octanol–water partition coefficient (Wildman–Crippen LogP) is 1.08. The van der Waals surface area contributed by atoms with E-state index in [1.165, 1.54) is 6.08 Å². The van der Waals surface area contributed by atoms with E-state index in [-0.39, 0.29) is 11.8 Å². The Kier molecular flexibility index (Phi) is 6.46. The van der Waals surface area contributed by atoms with E-state index in [2.05, 4.69) is 25.9 Å². The van der Waals surface area contributed by atoms with Gasteiger partial charge in [-0.25, -0.2) is 9.97 Å². The van der Waals surface area contributed by atoms with E-state index in [4.69, 9.17) is 0 Å². The number of nitrogens with one attached hydrogen (secondary N) is 3. The molecule has 0 aliphatic carbocycles. The summed E-state index contributed by atoms with van der Waals surface area (Å²) < 4.78 is 0. The van der Waals surface area contributed by atoms with Gasteiger partial charge in [0.15, 0.2) is 0 Å². The molecule has 0 bridgehead atoms. The smallest absolute Gasteiger partial charge is 0.251 e. The zero-order chi connectivity index (χ0) is 17.2. The molecule has 0 unspecified atom stereocenters. The molecular formula is C17H19N5O2. The fraction of sp³-hybridized carbons (Fsp3) is 0.176. The van der Waals surface area contributed by atoms with E-state index < -0.39 is 0 Å². The molecule has 1 aromatic carbocycles. The summed E-state index contributed by atoms with van der Waals surface area (Å²) in [6.07, 6.45) is 6.43. The molecule has 24 heavy (non-hydrogen) atoms. The molecule has 0 fully saturated rings. The van der Waals surface area contributed by atoms with Crippen LogP contribution in [0.1, 0.15) is 15.9 Å². The van der Waals surface area contributed by atoms with Gasteiger partial charge in [-0.15, -0.1) is 0 Å². The third-order valence-corrected chi connectivity index (χ3v) is 3.10. The fourth-order valence-electron chi connectivity index (χ4n) is 1.87. The number of carbonyl (C=O) groups excluding carboxylic acids is 2. The van der Waals surface area contributed by atoms with Crippen LogP contribution in [0, 0.1) is 0 Å². The van der Waals surface area contributed by atoms with Crippen molar-refractivity contribution in [3.8, 4) is 0 Å². The lowest BCUT2D eigenvalue weighted by atomic mass is 10.1. The molecule has 0 saturated carbocycles. The van der Waals surface area contributed by atoms with Gasteiger partial charge < -0.3 is 16.0 Å². The monoisotopic (exact) mass is 325 g/mol. The van der Waals surface area contributed by atoms with E-state index in [9.17, 15) is 9.59 Å². The van der Waals surface area contributed by atoms with E-state index in [0.29, 0.717) is 24.6 Å². The highest BCUT2D eigenvalue weighted by molar-refractivity contribution is 5.94. The minimum absolute atomic E-state index is 0.141. The lowest BCUT2D eigenvalue weighted by Gasteiger charge is -2.04. The highest BCUT2D eigenvalue weighted by Crippen LogP contribution is 2.06. The predicted molar refractivity (Wildman–Crippen MR) is 92.4 cm³/mol. The minimum atomic E-state index is -0.193. The first-order valence-electron chi connectivity index (χ1n) is 7.48. The van der Waals surface area contributed by atoms with Crippen LogP contribution in [-0.4, -0.2) is 41.9 Å². The summed E-state index contributed by atoms with van der Waals surface area (Å²) in [5.74, 6) is 0.192. The maximum Gasteiger partial charge on any atom is 0.251 e. The van der Waals surface area contributed by atoms with E-state index in [1.807, 2.05) is 0 Å². The highest BCUT2D eigenvalue weighted by atomic mass is 16.2. The van der Waals surface area contributed by atoms with Crippen LogP contribution in [0.25, 0.3) is 6.08 Å². The number of aromatic nitrogens is 2. The Morgan fingerprint density at radius 2 is 1.79 bits per heavy atom. The Labute approximate surface area is 140 Å². The number of anilines is 1. The number of carbonyl (C=O) groups is 2. The van der Waals surface area contributed by atoms with Gasteiger partial charge in [-0.1, -0.05) is 12.1 Å². The standard InChI is InChI=1S/C17H19N5O2/c1-18-16(24)14-6-3-13(4-7-14)5-8-15(23)19-11-12-22-17-20-9-2-10-21-17/h2-10H,11-12H2,1H3,(H,18,24)(H,19,23)(H,20,21,22)/b8-5-. The van der Waals surface area contributed by atoms with Crippen molar-refractivity contribution in [1.82, 2.24) is 20.6 Å². The second kappa shape index (κ2) is 9.04. The van der Waals surface area contributed by atoms with Crippen LogP contribution in [0.5, 0.6) is 0 Å². The maximum absolute atomic E-state index is 11.7. The van der Waals surface area contributed by atoms with Gasteiger partial charge in [-0.3, -0.25) is 9.59 Å². The van der Waals surface area contributed by atoms with Gasteiger partial charge in [-0.05, 0) is 29.8 Å². The normalized spacial score (nSPS) is 10.4. The van der Waals surface area contributed by atoms with Crippen molar-refractivity contribution in [3.63, 3.8) is 0 Å². The molecule has 1 aromatic heterocycles. The molecule has 2 rings (SSSR count).